The van der Waals surface area contributed by atoms with Crippen molar-refractivity contribution >= 4 is 32.3 Å². The number of carbonyl (C=O) groups excluding carboxylic acids is 3. The van der Waals surface area contributed by atoms with Gasteiger partial charge in [0.2, 0.25) is 5.91 Å². The first-order valence-electron chi connectivity index (χ1n) is 17.3. The Labute approximate surface area is 314 Å². The highest BCUT2D eigenvalue weighted by molar-refractivity contribution is 7.44. The van der Waals surface area contributed by atoms with Gasteiger partial charge >= 0.3 is 29.9 Å². The molecule has 0 bridgehead atoms. The minimum Gasteiger partial charge on any atom is -0.352 e. The van der Waals surface area contributed by atoms with E-state index >= 15 is 0 Å². The molecule has 2 rings (SSSR count). The lowest BCUT2D eigenvalue weighted by molar-refractivity contribution is -0.173. The summed E-state index contributed by atoms with van der Waals surface area (Å²) in [7, 11) is -1.63. The maximum atomic E-state index is 12.9. The molecular weight excluding hydrogens is 769 g/mol. The van der Waals surface area contributed by atoms with Crippen LogP contribution in [-0.4, -0.2) is 119 Å². The lowest BCUT2D eigenvalue weighted by Gasteiger charge is -2.37. The highest BCUT2D eigenvalue weighted by Gasteiger charge is 2.41. The van der Waals surface area contributed by atoms with Crippen molar-refractivity contribution in [1.29, 1.82) is 5.26 Å². The van der Waals surface area contributed by atoms with Crippen molar-refractivity contribution in [3.8, 4) is 6.07 Å². The zero-order valence-corrected chi connectivity index (χ0v) is 31.9. The molecule has 0 radical (unpaired) electrons. The van der Waals surface area contributed by atoms with Crippen LogP contribution in [0.25, 0.3) is 6.08 Å². The number of nitrogens with one attached hydrogen (secondary N) is 4. The molecule has 3 amide bonds. The van der Waals surface area contributed by atoms with E-state index in [0.717, 1.165) is 12.2 Å². The van der Waals surface area contributed by atoms with Gasteiger partial charge in [0.1, 0.15) is 6.23 Å². The molecule has 4 N–H and O–H groups in total. The summed E-state index contributed by atoms with van der Waals surface area (Å²) in [6.07, 6.45) is -7.94. The van der Waals surface area contributed by atoms with Gasteiger partial charge in [-0.1, -0.05) is 6.92 Å². The van der Waals surface area contributed by atoms with Crippen molar-refractivity contribution in [3.63, 3.8) is 0 Å². The van der Waals surface area contributed by atoms with Crippen molar-refractivity contribution in [1.82, 2.24) is 35.1 Å². The zero-order valence-electron chi connectivity index (χ0n) is 31.0. The van der Waals surface area contributed by atoms with Crippen LogP contribution in [0.1, 0.15) is 65.7 Å². The summed E-state index contributed by atoms with van der Waals surface area (Å²) in [6, 6.07) is 2.13. The van der Waals surface area contributed by atoms with Crippen LogP contribution in [-0.2, 0) is 28.2 Å². The number of amides is 3. The summed E-state index contributed by atoms with van der Waals surface area (Å²) >= 11 is 0. The quantitative estimate of drug-likeness (QED) is 0.0616. The van der Waals surface area contributed by atoms with Gasteiger partial charge < -0.3 is 29.7 Å². The molecule has 4 atom stereocenters. The van der Waals surface area contributed by atoms with E-state index in [4.69, 9.17) is 19.0 Å². The fourth-order valence-electron chi connectivity index (χ4n) is 5.34. The normalized spacial score (nSPS) is 18.3. The van der Waals surface area contributed by atoms with E-state index in [1.54, 1.807) is 10.6 Å². The Morgan fingerprint density at radius 2 is 1.56 bits per heavy atom. The summed E-state index contributed by atoms with van der Waals surface area (Å²) in [5, 5.41) is 14.7. The second-order valence-corrected chi connectivity index (χ2v) is 14.1. The van der Waals surface area contributed by atoms with E-state index in [1.165, 1.54) is 15.7 Å². The first-order chi connectivity index (χ1) is 25.7. The Kier molecular flexibility index (Phi) is 18.9. The lowest BCUT2D eigenvalue weighted by Crippen LogP contribution is -2.46. The third-order valence-electron chi connectivity index (χ3n) is 7.86. The van der Waals surface area contributed by atoms with Crippen molar-refractivity contribution in [2.24, 2.45) is 0 Å². The maximum absolute atomic E-state index is 12.9. The van der Waals surface area contributed by atoms with Crippen LogP contribution in [0.15, 0.2) is 21.9 Å². The fraction of sp³-hybridized carbons (Fsp3) is 0.688. The monoisotopic (exact) mass is 816 g/mol. The van der Waals surface area contributed by atoms with Crippen LogP contribution >= 0.6 is 8.53 Å². The Morgan fingerprint density at radius 3 is 2.05 bits per heavy atom. The summed E-state index contributed by atoms with van der Waals surface area (Å²) in [5.74, 6) is -5.18. The smallest absolute Gasteiger partial charge is 0.352 e. The molecule has 0 saturated carbocycles. The zero-order chi connectivity index (χ0) is 41.5. The molecule has 0 aromatic carbocycles. The Morgan fingerprint density at radius 1 is 1.02 bits per heavy atom. The van der Waals surface area contributed by atoms with E-state index in [1.807, 2.05) is 40.7 Å². The molecule has 4 unspecified atom stereocenters. The van der Waals surface area contributed by atoms with Gasteiger partial charge in [0.15, 0.2) is 0 Å². The Balaban J connectivity index is 2.12. The number of carbonyl (C=O) groups is 3. The lowest BCUT2D eigenvalue weighted by atomic mass is 10.1. The molecule has 23 heteroatoms. The topological polar surface area (TPSA) is 200 Å². The number of aromatic amines is 1. The summed E-state index contributed by atoms with van der Waals surface area (Å²) in [5.41, 5.74) is -1.68. The average molecular weight is 817 g/mol. The number of alkyl halides is 6. The van der Waals surface area contributed by atoms with Gasteiger partial charge in [-0.2, -0.15) is 31.6 Å². The molecule has 0 aliphatic carbocycles. The van der Waals surface area contributed by atoms with E-state index in [9.17, 15) is 50.3 Å². The van der Waals surface area contributed by atoms with E-state index in [-0.39, 0.29) is 63.3 Å². The summed E-state index contributed by atoms with van der Waals surface area (Å²) in [6.45, 7) is 8.07. The number of hydrogen-bond acceptors (Lipinski definition) is 11. The van der Waals surface area contributed by atoms with Gasteiger partial charge in [-0.3, -0.25) is 33.6 Å². The van der Waals surface area contributed by atoms with Gasteiger partial charge in [-0.25, -0.2) is 9.46 Å². The number of nitrogens with zero attached hydrogens (tertiary/aromatic N) is 4. The van der Waals surface area contributed by atoms with Crippen LogP contribution in [0.3, 0.4) is 0 Å². The SMILES string of the molecule is CCC1OC(n2cc(/C=C/C(=O)NCCN(CCNC(=O)C(F)(F)F)CCNC(=O)C(F)(F)F)c(=O)[nH]c2=O)CC1OP(OCCC#N)N(C(C)C)C(C)C. The molecule has 16 nitrogen and oxygen atoms in total. The second-order valence-electron chi connectivity index (χ2n) is 12.7. The first kappa shape index (κ1) is 47.3. The number of rotatable bonds is 21. The predicted octanol–water partition coefficient (Wildman–Crippen LogP) is 2.68. The third kappa shape index (κ3) is 15.7. The highest BCUT2D eigenvalue weighted by Crippen LogP contribution is 2.50. The standard InChI is InChI=1S/C32H47F6N8O8P/c1-6-23-24(54-55(52-17-7-10-39)46(20(2)3)21(4)5)18-26(53-23)45-19-22(27(48)43-30(45)51)8-9-25(47)40-11-14-44(15-12-41-28(49)31(33,34)35)16-13-42-29(50)32(36,37)38/h8-9,19-21,23-24,26H,6-7,11-18H2,1-5H3,(H,40,47)(H,41,49)(H,42,50)(H,43,48,51)/b9-8+. The Bertz CT molecular complexity index is 1570. The number of ether oxygens (including phenoxy) is 1. The van der Waals surface area contributed by atoms with Crippen LogP contribution in [0.4, 0.5) is 26.3 Å². The molecule has 1 fully saturated rings. The molecule has 1 aromatic rings. The van der Waals surface area contributed by atoms with Crippen LogP contribution in [0, 0.1) is 11.3 Å². The minimum atomic E-state index is -5.15. The Hall–Kier alpha value is -3.87. The van der Waals surface area contributed by atoms with Gasteiger partial charge in [-0.05, 0) is 40.2 Å². The number of hydrogen-bond donors (Lipinski definition) is 4. The molecule has 55 heavy (non-hydrogen) atoms. The molecular formula is C32H47F6N8O8P. The van der Waals surface area contributed by atoms with Crippen molar-refractivity contribution in [2.75, 3.05) is 45.9 Å². The molecule has 0 spiro atoms. The molecule has 2 heterocycles. The highest BCUT2D eigenvalue weighted by atomic mass is 31.2. The van der Waals surface area contributed by atoms with Crippen molar-refractivity contribution in [2.45, 2.75) is 96.8 Å². The molecule has 1 aliphatic heterocycles. The van der Waals surface area contributed by atoms with Crippen LogP contribution in [0.2, 0.25) is 0 Å². The van der Waals surface area contributed by atoms with Gasteiger partial charge in [0, 0.05) is 70.0 Å². The van der Waals surface area contributed by atoms with Gasteiger partial charge in [-0.15, -0.1) is 0 Å². The molecule has 1 aliphatic rings. The molecule has 1 aromatic heterocycles. The number of nitriles is 1. The molecule has 1 saturated heterocycles. The number of halogens is 6. The fourth-order valence-corrected chi connectivity index (χ4v) is 7.10. The van der Waals surface area contributed by atoms with Gasteiger partial charge in [0.05, 0.1) is 36.9 Å². The number of H-pyrrole nitrogens is 1. The minimum absolute atomic E-state index is 0.0421. The third-order valence-corrected chi connectivity index (χ3v) is 10.0. The van der Waals surface area contributed by atoms with Crippen molar-refractivity contribution in [3.05, 3.63) is 38.7 Å². The van der Waals surface area contributed by atoms with E-state index < -0.39 is 81.4 Å². The van der Waals surface area contributed by atoms with Gasteiger partial charge in [0.25, 0.3) is 14.1 Å². The second kappa shape index (κ2) is 22.0. The average Bonchev–Trinajstić information content (AvgIpc) is 3.48. The van der Waals surface area contributed by atoms with E-state index in [2.05, 4.69) is 15.0 Å². The predicted molar refractivity (Wildman–Crippen MR) is 187 cm³/mol. The number of aromatic nitrogens is 2. The largest absolute Gasteiger partial charge is 0.471 e. The summed E-state index contributed by atoms with van der Waals surface area (Å²) in [4.78, 5) is 63.8. The maximum Gasteiger partial charge on any atom is 0.471 e. The van der Waals surface area contributed by atoms with Crippen LogP contribution in [0.5, 0.6) is 0 Å². The first-order valence-corrected chi connectivity index (χ1v) is 18.5. The molecule has 310 valence electrons. The summed E-state index contributed by atoms with van der Waals surface area (Å²) < 4.78 is 96.9. The van der Waals surface area contributed by atoms with Crippen molar-refractivity contribution < 1.29 is 54.5 Å². The van der Waals surface area contributed by atoms with Crippen LogP contribution < -0.4 is 27.2 Å². The van der Waals surface area contributed by atoms with E-state index in [0.29, 0.717) is 6.42 Å².